The second-order valence-electron chi connectivity index (χ2n) is 4.31. The van der Waals surface area contributed by atoms with E-state index in [4.69, 9.17) is 5.73 Å². The summed E-state index contributed by atoms with van der Waals surface area (Å²) in [5.41, 5.74) is 4.71. The fourth-order valence-corrected chi connectivity index (χ4v) is 2.02. The van der Waals surface area contributed by atoms with E-state index in [-0.39, 0.29) is 16.8 Å². The lowest BCUT2D eigenvalue weighted by Gasteiger charge is -2.13. The molecule has 0 fully saturated rings. The van der Waals surface area contributed by atoms with Crippen LogP contribution in [-0.4, -0.2) is 10.5 Å². The fourth-order valence-electron chi connectivity index (χ4n) is 2.02. The first kappa shape index (κ1) is 13.9. The monoisotopic (exact) mass is 278 g/mol. The minimum atomic E-state index is -0.891. The first-order chi connectivity index (χ1) is 9.45. The molecule has 1 aromatic carbocycles. The van der Waals surface area contributed by atoms with Crippen LogP contribution >= 0.6 is 0 Å². The van der Waals surface area contributed by atoms with Crippen molar-refractivity contribution in [3.05, 3.63) is 57.8 Å². The number of aromatic nitrogens is 1. The van der Waals surface area contributed by atoms with Crippen molar-refractivity contribution < 1.29 is 13.6 Å². The van der Waals surface area contributed by atoms with Crippen LogP contribution in [0.25, 0.3) is 11.1 Å². The number of nitrogens with zero attached hydrogens (tertiary/aromatic N) is 1. The molecule has 0 aliphatic carbocycles. The lowest BCUT2D eigenvalue weighted by atomic mass is 10.0. The van der Waals surface area contributed by atoms with Gasteiger partial charge in [-0.1, -0.05) is 12.1 Å². The maximum atomic E-state index is 13.2. The summed E-state index contributed by atoms with van der Waals surface area (Å²) in [6, 6.07) is 5.04. The number of nitrogens with two attached hydrogens (primary N) is 1. The number of amides is 1. The molecule has 0 unspecified atom stereocenters. The van der Waals surface area contributed by atoms with E-state index in [1.54, 1.807) is 0 Å². The molecule has 20 heavy (non-hydrogen) atoms. The number of aryl methyl sites for hydroxylation is 1. The minimum absolute atomic E-state index is 0.0197. The molecule has 0 saturated heterocycles. The summed E-state index contributed by atoms with van der Waals surface area (Å²) in [4.78, 5) is 23.5. The summed E-state index contributed by atoms with van der Waals surface area (Å²) in [5, 5.41) is 0. The van der Waals surface area contributed by atoms with Gasteiger partial charge in [-0.2, -0.15) is 0 Å². The standard InChI is InChI=1S/C14H12F2N2O2/c1-18-7-10(14(17)20)13(19)12(11(18)6-15)8-2-4-9(16)5-3-8/h2-5,7H,6H2,1H3,(H2,17,20). The zero-order valence-corrected chi connectivity index (χ0v) is 10.7. The quantitative estimate of drug-likeness (QED) is 0.929. The summed E-state index contributed by atoms with van der Waals surface area (Å²) >= 11 is 0. The van der Waals surface area contributed by atoms with Crippen molar-refractivity contribution in [2.45, 2.75) is 6.67 Å². The molecule has 0 spiro atoms. The third-order valence-corrected chi connectivity index (χ3v) is 3.03. The molecule has 0 aliphatic rings. The molecule has 0 saturated carbocycles. The van der Waals surface area contributed by atoms with Crippen LogP contribution in [0.5, 0.6) is 0 Å². The maximum absolute atomic E-state index is 13.2. The minimum Gasteiger partial charge on any atom is -0.365 e. The Hall–Kier alpha value is -2.50. The summed E-state index contributed by atoms with van der Waals surface area (Å²) < 4.78 is 27.4. The van der Waals surface area contributed by atoms with Gasteiger partial charge in [0.05, 0.1) is 11.3 Å². The zero-order valence-electron chi connectivity index (χ0n) is 10.7. The van der Waals surface area contributed by atoms with Crippen LogP contribution in [0.1, 0.15) is 16.1 Å². The van der Waals surface area contributed by atoms with E-state index < -0.39 is 23.8 Å². The van der Waals surface area contributed by atoms with E-state index in [1.165, 1.54) is 29.9 Å². The highest BCUT2D eigenvalue weighted by Gasteiger charge is 2.18. The number of halogens is 2. The summed E-state index contributed by atoms with van der Waals surface area (Å²) in [5.74, 6) is -1.36. The number of alkyl halides is 1. The van der Waals surface area contributed by atoms with Gasteiger partial charge < -0.3 is 10.3 Å². The molecule has 0 atom stereocenters. The van der Waals surface area contributed by atoms with Crippen LogP contribution in [0.4, 0.5) is 8.78 Å². The summed E-state index contributed by atoms with van der Waals surface area (Å²) in [6.45, 7) is -0.891. The highest BCUT2D eigenvalue weighted by atomic mass is 19.1. The number of pyridine rings is 1. The van der Waals surface area contributed by atoms with Crippen LogP contribution < -0.4 is 11.2 Å². The van der Waals surface area contributed by atoms with Crippen LogP contribution in [0.15, 0.2) is 35.3 Å². The smallest absolute Gasteiger partial charge is 0.254 e. The van der Waals surface area contributed by atoms with Gasteiger partial charge in [-0.25, -0.2) is 8.78 Å². The molecule has 4 nitrogen and oxygen atoms in total. The molecule has 2 aromatic rings. The molecule has 2 N–H and O–H groups in total. The van der Waals surface area contributed by atoms with Gasteiger partial charge in [0.15, 0.2) is 0 Å². The molecule has 1 heterocycles. The largest absolute Gasteiger partial charge is 0.365 e. The van der Waals surface area contributed by atoms with Gasteiger partial charge in [-0.05, 0) is 17.7 Å². The third-order valence-electron chi connectivity index (χ3n) is 3.03. The molecule has 0 aliphatic heterocycles. The number of rotatable bonds is 3. The van der Waals surface area contributed by atoms with Crippen molar-refractivity contribution in [1.29, 1.82) is 0 Å². The van der Waals surface area contributed by atoms with E-state index in [2.05, 4.69) is 0 Å². The Morgan fingerprint density at radius 1 is 1.30 bits per heavy atom. The van der Waals surface area contributed by atoms with E-state index in [1.807, 2.05) is 0 Å². The van der Waals surface area contributed by atoms with Crippen molar-refractivity contribution in [1.82, 2.24) is 4.57 Å². The molecule has 104 valence electrons. The fraction of sp³-hybridized carbons (Fsp3) is 0.143. The molecule has 0 bridgehead atoms. The lowest BCUT2D eigenvalue weighted by Crippen LogP contribution is -2.26. The number of hydrogen-bond donors (Lipinski definition) is 1. The van der Waals surface area contributed by atoms with Crippen molar-refractivity contribution in [2.75, 3.05) is 0 Å². The van der Waals surface area contributed by atoms with Crippen LogP contribution in [-0.2, 0) is 13.7 Å². The second-order valence-corrected chi connectivity index (χ2v) is 4.31. The van der Waals surface area contributed by atoms with Gasteiger partial charge in [0.2, 0.25) is 5.43 Å². The highest BCUT2D eigenvalue weighted by molar-refractivity contribution is 5.93. The predicted octanol–water partition coefficient (Wildman–Crippen LogP) is 1.76. The van der Waals surface area contributed by atoms with E-state index >= 15 is 0 Å². The molecule has 6 heteroatoms. The third kappa shape index (κ3) is 2.32. The average molecular weight is 278 g/mol. The van der Waals surface area contributed by atoms with Gasteiger partial charge in [0.25, 0.3) is 5.91 Å². The highest BCUT2D eigenvalue weighted by Crippen LogP contribution is 2.22. The van der Waals surface area contributed by atoms with Crippen LogP contribution in [0, 0.1) is 5.82 Å². The topological polar surface area (TPSA) is 65.1 Å². The maximum Gasteiger partial charge on any atom is 0.254 e. The van der Waals surface area contributed by atoms with Crippen molar-refractivity contribution in [3.8, 4) is 11.1 Å². The van der Waals surface area contributed by atoms with Crippen LogP contribution in [0.3, 0.4) is 0 Å². The van der Waals surface area contributed by atoms with Gasteiger partial charge in [0, 0.05) is 13.2 Å². The van der Waals surface area contributed by atoms with E-state index in [0.717, 1.165) is 12.1 Å². The molecular weight excluding hydrogens is 266 g/mol. The van der Waals surface area contributed by atoms with E-state index in [0.29, 0.717) is 5.56 Å². The molecular formula is C14H12F2N2O2. The van der Waals surface area contributed by atoms with Gasteiger partial charge in [0.1, 0.15) is 18.1 Å². The SMILES string of the molecule is Cn1cc(C(N)=O)c(=O)c(-c2ccc(F)cc2)c1CF. The van der Waals surface area contributed by atoms with Gasteiger partial charge in [-0.15, -0.1) is 0 Å². The Morgan fingerprint density at radius 2 is 1.90 bits per heavy atom. The summed E-state index contributed by atoms with van der Waals surface area (Å²) in [6.07, 6.45) is 1.20. The summed E-state index contributed by atoms with van der Waals surface area (Å²) in [7, 11) is 1.51. The Labute approximate surface area is 113 Å². The van der Waals surface area contributed by atoms with Crippen LogP contribution in [0.2, 0.25) is 0 Å². The second kappa shape index (κ2) is 5.24. The van der Waals surface area contributed by atoms with Crippen molar-refractivity contribution >= 4 is 5.91 Å². The van der Waals surface area contributed by atoms with Crippen molar-refractivity contribution in [2.24, 2.45) is 12.8 Å². The number of benzene rings is 1. The van der Waals surface area contributed by atoms with Gasteiger partial charge >= 0.3 is 0 Å². The Balaban J connectivity index is 2.82. The number of carbonyl (C=O) groups is 1. The Bertz CT molecular complexity index is 721. The molecule has 2 rings (SSSR count). The Morgan fingerprint density at radius 3 is 2.40 bits per heavy atom. The molecule has 0 radical (unpaired) electrons. The average Bonchev–Trinajstić information content (AvgIpc) is 2.41. The predicted molar refractivity (Wildman–Crippen MR) is 70.4 cm³/mol. The molecule has 1 amide bonds. The normalized spacial score (nSPS) is 10.6. The lowest BCUT2D eigenvalue weighted by molar-refractivity contribution is 0.0998. The first-order valence-corrected chi connectivity index (χ1v) is 5.80. The number of primary amides is 1. The zero-order chi connectivity index (χ0) is 14.9. The van der Waals surface area contributed by atoms with E-state index in [9.17, 15) is 18.4 Å². The first-order valence-electron chi connectivity index (χ1n) is 5.80. The van der Waals surface area contributed by atoms with Gasteiger partial charge in [-0.3, -0.25) is 9.59 Å². The number of hydrogen-bond acceptors (Lipinski definition) is 2. The van der Waals surface area contributed by atoms with Crippen molar-refractivity contribution in [3.63, 3.8) is 0 Å². The molecule has 1 aromatic heterocycles. The Kier molecular flexibility index (Phi) is 3.65. The number of carbonyl (C=O) groups excluding carboxylic acids is 1.